The summed E-state index contributed by atoms with van der Waals surface area (Å²) < 4.78 is 5.59. The van der Waals surface area contributed by atoms with Gasteiger partial charge in [-0.15, -0.1) is 0 Å². The van der Waals surface area contributed by atoms with Gasteiger partial charge in [-0.2, -0.15) is 0 Å². The third kappa shape index (κ3) is 2.93. The lowest BCUT2D eigenvalue weighted by molar-refractivity contribution is 0.466. The molecule has 3 N–H and O–H groups in total. The van der Waals surface area contributed by atoms with Crippen LogP contribution < -0.4 is 11.1 Å². The third-order valence-corrected chi connectivity index (χ3v) is 3.15. The zero-order valence-corrected chi connectivity index (χ0v) is 12.0. The quantitative estimate of drug-likeness (QED) is 0.839. The molecule has 19 heavy (non-hydrogen) atoms. The van der Waals surface area contributed by atoms with Gasteiger partial charge >= 0.3 is 0 Å². The highest BCUT2D eigenvalue weighted by Crippen LogP contribution is 2.23. The summed E-state index contributed by atoms with van der Waals surface area (Å²) in [5.41, 5.74) is 7.55. The van der Waals surface area contributed by atoms with Crippen LogP contribution in [0, 0.1) is 13.8 Å². The van der Waals surface area contributed by atoms with Crippen molar-refractivity contribution in [2.24, 2.45) is 5.73 Å². The van der Waals surface area contributed by atoms with Crippen molar-refractivity contribution < 1.29 is 4.42 Å². The fourth-order valence-electron chi connectivity index (χ4n) is 1.94. The molecular weight excluding hydrogens is 258 g/mol. The molecule has 1 unspecified atom stereocenters. The van der Waals surface area contributed by atoms with Gasteiger partial charge in [0.1, 0.15) is 22.3 Å². The monoisotopic (exact) mass is 275 g/mol. The Kier molecular flexibility index (Phi) is 3.85. The minimum absolute atomic E-state index is 0.00361. The predicted octanol–water partition coefficient (Wildman–Crippen LogP) is 3.10. The predicted molar refractivity (Wildman–Crippen MR) is 80.3 cm³/mol. The van der Waals surface area contributed by atoms with Gasteiger partial charge in [0.15, 0.2) is 0 Å². The molecule has 0 amide bonds. The van der Waals surface area contributed by atoms with E-state index < -0.39 is 0 Å². The molecule has 0 fully saturated rings. The maximum Gasteiger partial charge on any atom is 0.137 e. The molecule has 4 nitrogen and oxygen atoms in total. The first-order chi connectivity index (χ1) is 8.99. The fourth-order valence-corrected chi connectivity index (χ4v) is 2.20. The van der Waals surface area contributed by atoms with Crippen LogP contribution in [0.15, 0.2) is 28.8 Å². The molecule has 100 valence electrons. The van der Waals surface area contributed by atoms with Gasteiger partial charge in [-0.05, 0) is 44.5 Å². The molecule has 2 aromatic heterocycles. The summed E-state index contributed by atoms with van der Waals surface area (Å²) in [6.45, 7) is 5.89. The molecule has 5 heteroatoms. The van der Waals surface area contributed by atoms with Crippen molar-refractivity contribution in [1.82, 2.24) is 4.98 Å². The molecule has 0 aliphatic heterocycles. The zero-order chi connectivity index (χ0) is 14.0. The normalized spacial score (nSPS) is 12.2. The van der Waals surface area contributed by atoms with Crippen molar-refractivity contribution in [1.29, 1.82) is 0 Å². The van der Waals surface area contributed by atoms with Gasteiger partial charge in [-0.1, -0.05) is 12.2 Å². The van der Waals surface area contributed by atoms with E-state index in [-0.39, 0.29) is 6.04 Å². The first-order valence-electron chi connectivity index (χ1n) is 6.07. The Balaban J connectivity index is 2.28. The minimum Gasteiger partial charge on any atom is -0.464 e. The van der Waals surface area contributed by atoms with Gasteiger partial charge in [-0.25, -0.2) is 4.98 Å². The molecule has 2 aromatic rings. The molecular formula is C14H17N3OS. The number of anilines is 1. The number of hydrogen-bond donors (Lipinski definition) is 2. The SMILES string of the molecule is Cc1ccc(C(C)Nc2nccc(C)c2C(N)=S)o1. The first-order valence-corrected chi connectivity index (χ1v) is 6.48. The van der Waals surface area contributed by atoms with Crippen molar-refractivity contribution in [3.63, 3.8) is 0 Å². The number of pyridine rings is 1. The van der Waals surface area contributed by atoms with Crippen LogP contribution in [0.25, 0.3) is 0 Å². The highest BCUT2D eigenvalue weighted by Gasteiger charge is 2.15. The third-order valence-electron chi connectivity index (χ3n) is 2.95. The summed E-state index contributed by atoms with van der Waals surface area (Å²) in [6.07, 6.45) is 1.74. The number of aryl methyl sites for hydroxylation is 2. The van der Waals surface area contributed by atoms with E-state index in [4.69, 9.17) is 22.4 Å². The van der Waals surface area contributed by atoms with Crippen molar-refractivity contribution in [3.05, 3.63) is 47.0 Å². The largest absolute Gasteiger partial charge is 0.464 e. The molecule has 0 radical (unpaired) electrons. The minimum atomic E-state index is -0.00361. The molecule has 0 bridgehead atoms. The molecule has 0 aromatic carbocycles. The summed E-state index contributed by atoms with van der Waals surface area (Å²) in [6, 6.07) is 5.77. The molecule has 2 rings (SSSR count). The lowest BCUT2D eigenvalue weighted by Gasteiger charge is -2.16. The van der Waals surface area contributed by atoms with Crippen LogP contribution in [0.2, 0.25) is 0 Å². The Bertz CT molecular complexity index is 606. The lowest BCUT2D eigenvalue weighted by Crippen LogP contribution is -2.17. The average Bonchev–Trinajstić information content (AvgIpc) is 2.75. The standard InChI is InChI=1S/C14H17N3OS/c1-8-6-7-16-14(12(8)13(15)19)17-10(3)11-5-4-9(2)18-11/h4-7,10H,1-3H3,(H2,15,19)(H,16,17). The Hall–Kier alpha value is -1.88. The summed E-state index contributed by atoms with van der Waals surface area (Å²) in [5.74, 6) is 2.43. The zero-order valence-electron chi connectivity index (χ0n) is 11.2. The molecule has 0 aliphatic rings. The van der Waals surface area contributed by atoms with Crippen molar-refractivity contribution in [3.8, 4) is 0 Å². The van der Waals surface area contributed by atoms with Gasteiger partial charge in [0.2, 0.25) is 0 Å². The van der Waals surface area contributed by atoms with Crippen LogP contribution in [0.4, 0.5) is 5.82 Å². The maximum atomic E-state index is 5.76. The van der Waals surface area contributed by atoms with Crippen LogP contribution in [0.1, 0.15) is 35.6 Å². The maximum absolute atomic E-state index is 5.76. The second-order valence-corrected chi connectivity index (χ2v) is 4.97. The topological polar surface area (TPSA) is 64.1 Å². The fraction of sp³-hybridized carbons (Fsp3) is 0.286. The van der Waals surface area contributed by atoms with Crippen LogP contribution in [-0.4, -0.2) is 9.97 Å². The molecule has 2 heterocycles. The summed E-state index contributed by atoms with van der Waals surface area (Å²) >= 11 is 5.09. The molecule has 0 saturated carbocycles. The van der Waals surface area contributed by atoms with E-state index >= 15 is 0 Å². The number of rotatable bonds is 4. The Morgan fingerprint density at radius 2 is 2.11 bits per heavy atom. The summed E-state index contributed by atoms with van der Waals surface area (Å²) in [4.78, 5) is 4.66. The molecule has 1 atom stereocenters. The van der Waals surface area contributed by atoms with Gasteiger partial charge in [0, 0.05) is 6.20 Å². The number of nitrogens with one attached hydrogen (secondary N) is 1. The van der Waals surface area contributed by atoms with Gasteiger partial charge in [0.25, 0.3) is 0 Å². The van der Waals surface area contributed by atoms with E-state index in [9.17, 15) is 0 Å². The number of aromatic nitrogens is 1. The highest BCUT2D eigenvalue weighted by atomic mass is 32.1. The van der Waals surface area contributed by atoms with E-state index in [2.05, 4.69) is 10.3 Å². The van der Waals surface area contributed by atoms with Crippen LogP contribution in [0.3, 0.4) is 0 Å². The Labute approximate surface area is 118 Å². The number of nitrogens with zero attached hydrogens (tertiary/aromatic N) is 1. The van der Waals surface area contributed by atoms with Crippen LogP contribution in [0.5, 0.6) is 0 Å². The van der Waals surface area contributed by atoms with E-state index in [1.807, 2.05) is 39.0 Å². The first kappa shape index (κ1) is 13.5. The van der Waals surface area contributed by atoms with Gasteiger partial charge < -0.3 is 15.5 Å². The van der Waals surface area contributed by atoms with Crippen molar-refractivity contribution in [2.75, 3.05) is 5.32 Å². The van der Waals surface area contributed by atoms with E-state index in [1.165, 1.54) is 0 Å². The average molecular weight is 275 g/mol. The number of furan rings is 1. The van der Waals surface area contributed by atoms with E-state index in [1.54, 1.807) is 6.20 Å². The van der Waals surface area contributed by atoms with E-state index in [0.717, 1.165) is 22.6 Å². The lowest BCUT2D eigenvalue weighted by atomic mass is 10.1. The summed E-state index contributed by atoms with van der Waals surface area (Å²) in [7, 11) is 0. The van der Waals surface area contributed by atoms with Crippen molar-refractivity contribution >= 4 is 23.0 Å². The van der Waals surface area contributed by atoms with Crippen molar-refractivity contribution in [2.45, 2.75) is 26.8 Å². The molecule has 0 aliphatic carbocycles. The highest BCUT2D eigenvalue weighted by molar-refractivity contribution is 7.80. The molecule has 0 spiro atoms. The summed E-state index contributed by atoms with van der Waals surface area (Å²) in [5, 5.41) is 3.29. The number of thiocarbonyl (C=S) groups is 1. The number of nitrogens with two attached hydrogens (primary N) is 1. The van der Waals surface area contributed by atoms with Crippen LogP contribution in [-0.2, 0) is 0 Å². The number of hydrogen-bond acceptors (Lipinski definition) is 4. The smallest absolute Gasteiger partial charge is 0.137 e. The Morgan fingerprint density at radius 1 is 1.37 bits per heavy atom. The van der Waals surface area contributed by atoms with Gasteiger partial charge in [-0.3, -0.25) is 0 Å². The second-order valence-electron chi connectivity index (χ2n) is 4.53. The molecule has 0 saturated heterocycles. The van der Waals surface area contributed by atoms with Crippen LogP contribution >= 0.6 is 12.2 Å². The van der Waals surface area contributed by atoms with E-state index in [0.29, 0.717) is 10.8 Å². The van der Waals surface area contributed by atoms with Gasteiger partial charge in [0.05, 0.1) is 11.6 Å². The second kappa shape index (κ2) is 5.40. The Morgan fingerprint density at radius 3 is 2.68 bits per heavy atom.